The van der Waals surface area contributed by atoms with Crippen molar-refractivity contribution in [1.29, 1.82) is 0 Å². The third-order valence-corrected chi connectivity index (χ3v) is 21.8. The fraction of sp³-hybridized carbons (Fsp3) is 0.907. The molecule has 0 aliphatic carbocycles. The lowest BCUT2D eigenvalue weighted by Crippen LogP contribution is -2.30. The molecule has 0 fully saturated rings. The van der Waals surface area contributed by atoms with Gasteiger partial charge in [0.15, 0.2) is 12.2 Å². The van der Waals surface area contributed by atoms with Crippen LogP contribution in [0.1, 0.15) is 427 Å². The molecule has 0 saturated heterocycles. The zero-order valence-electron chi connectivity index (χ0n) is 68.7. The summed E-state index contributed by atoms with van der Waals surface area (Å²) in [5.41, 5.74) is 0. The van der Waals surface area contributed by atoms with Crippen LogP contribution in [0.4, 0.5) is 0 Å². The third kappa shape index (κ3) is 78.0. The van der Waals surface area contributed by atoms with Crippen LogP contribution in [0.15, 0.2) is 24.3 Å². The van der Waals surface area contributed by atoms with Gasteiger partial charge in [-0.15, -0.1) is 0 Å². The second-order valence-corrected chi connectivity index (χ2v) is 34.3. The molecule has 3 N–H and O–H groups in total. The summed E-state index contributed by atoms with van der Waals surface area (Å²) < 4.78 is 68.8. The number of phosphoric acid groups is 2. The highest BCUT2D eigenvalue weighted by Crippen LogP contribution is 2.45. The first-order valence-electron chi connectivity index (χ1n) is 43.7. The molecule has 105 heavy (non-hydrogen) atoms. The molecule has 17 nitrogen and oxygen atoms in total. The normalized spacial score (nSPS) is 14.3. The van der Waals surface area contributed by atoms with Crippen LogP contribution in [0, 0.1) is 17.8 Å². The Kier molecular flexibility index (Phi) is 73.8. The predicted octanol–water partition coefficient (Wildman–Crippen LogP) is 25.6. The van der Waals surface area contributed by atoms with E-state index < -0.39 is 97.5 Å². The van der Waals surface area contributed by atoms with E-state index in [1.54, 1.807) is 0 Å². The molecule has 0 aliphatic rings. The molecule has 0 amide bonds. The van der Waals surface area contributed by atoms with Crippen molar-refractivity contribution in [2.75, 3.05) is 39.6 Å². The second-order valence-electron chi connectivity index (χ2n) is 31.4. The fourth-order valence-electron chi connectivity index (χ4n) is 12.8. The Balaban J connectivity index is 5.21. The zero-order chi connectivity index (χ0) is 77.2. The van der Waals surface area contributed by atoms with Crippen LogP contribution >= 0.6 is 15.6 Å². The van der Waals surface area contributed by atoms with Crippen LogP contribution in [-0.2, 0) is 65.4 Å². The Morgan fingerprint density at radius 3 is 0.848 bits per heavy atom. The monoisotopic (exact) mass is 1530 g/mol. The molecule has 0 spiro atoms. The Morgan fingerprint density at radius 2 is 0.562 bits per heavy atom. The van der Waals surface area contributed by atoms with Gasteiger partial charge in [-0.3, -0.25) is 37.3 Å². The van der Waals surface area contributed by atoms with Crippen molar-refractivity contribution in [2.45, 2.75) is 446 Å². The van der Waals surface area contributed by atoms with E-state index in [1.807, 2.05) is 0 Å². The summed E-state index contributed by atoms with van der Waals surface area (Å²) in [5.74, 6) is 0.217. The molecule has 0 aromatic rings. The van der Waals surface area contributed by atoms with Gasteiger partial charge in [-0.05, 0) is 69.1 Å². The van der Waals surface area contributed by atoms with Crippen molar-refractivity contribution in [1.82, 2.24) is 0 Å². The first kappa shape index (κ1) is 103. The van der Waals surface area contributed by atoms with Gasteiger partial charge >= 0.3 is 39.5 Å². The van der Waals surface area contributed by atoms with Gasteiger partial charge in [-0.1, -0.05) is 375 Å². The number of aliphatic hydroxyl groups is 1. The number of ether oxygens (including phenoxy) is 4. The van der Waals surface area contributed by atoms with Gasteiger partial charge in [0, 0.05) is 25.7 Å². The molecule has 0 radical (unpaired) electrons. The smallest absolute Gasteiger partial charge is 0.462 e. The van der Waals surface area contributed by atoms with Crippen LogP contribution in [0.2, 0.25) is 0 Å². The van der Waals surface area contributed by atoms with Crippen molar-refractivity contribution in [3.63, 3.8) is 0 Å². The molecule has 19 heteroatoms. The van der Waals surface area contributed by atoms with E-state index in [0.29, 0.717) is 31.6 Å². The number of aliphatic hydroxyl groups excluding tert-OH is 1. The lowest BCUT2D eigenvalue weighted by Gasteiger charge is -2.21. The van der Waals surface area contributed by atoms with Gasteiger partial charge in [0.25, 0.3) is 0 Å². The molecule has 0 bridgehead atoms. The maximum Gasteiger partial charge on any atom is 0.472 e. The lowest BCUT2D eigenvalue weighted by molar-refractivity contribution is -0.161. The third-order valence-electron chi connectivity index (χ3n) is 19.9. The molecule has 0 aromatic carbocycles. The molecular weight excluding hydrogens is 1370 g/mol. The maximum atomic E-state index is 13.1. The molecule has 0 rings (SSSR count). The van der Waals surface area contributed by atoms with E-state index in [0.717, 1.165) is 127 Å². The van der Waals surface area contributed by atoms with Crippen molar-refractivity contribution >= 4 is 39.5 Å². The Morgan fingerprint density at radius 1 is 0.314 bits per heavy atom. The number of phosphoric ester groups is 2. The minimum Gasteiger partial charge on any atom is -0.462 e. The van der Waals surface area contributed by atoms with Crippen LogP contribution in [0.5, 0.6) is 0 Å². The highest BCUT2D eigenvalue weighted by molar-refractivity contribution is 7.47. The molecule has 3 unspecified atom stereocenters. The summed E-state index contributed by atoms with van der Waals surface area (Å²) in [4.78, 5) is 73.1. The summed E-state index contributed by atoms with van der Waals surface area (Å²) >= 11 is 0. The standard InChI is InChI=1S/C86H164O17P2/c1-8-10-11-12-13-14-15-16-23-30-35-40-45-53-60-67-83(88)96-73-81(102-85(90)69-62-56-47-42-37-32-27-22-21-24-28-33-38-43-50-57-64-77(3)4)75-100-104(92,93)98-71-80(87)72-99-105(94,95)101-76-82(74-97-84(89)68-61-54-49-48-51-58-65-78(5)6)103-86(91)70-63-55-46-41-36-31-26-20-18-17-19-25-29-34-39-44-52-59-66-79(7)9-2/h14-16,23,77-82,87H,8-13,17-22,24-76H2,1-7H3,(H,92,93)(H,94,95)/b15-14-,23-16-/t79?,80-,81-,82-/m1/s1. The van der Waals surface area contributed by atoms with Gasteiger partial charge in [-0.2, -0.15) is 0 Å². The average molecular weight is 1530 g/mol. The van der Waals surface area contributed by atoms with Crippen molar-refractivity contribution < 1.29 is 80.2 Å². The molecule has 0 heterocycles. The summed E-state index contributed by atoms with van der Waals surface area (Å²) in [5, 5.41) is 10.7. The summed E-state index contributed by atoms with van der Waals surface area (Å²) in [6.45, 7) is 11.9. The molecule has 0 aromatic heterocycles. The number of hydrogen-bond acceptors (Lipinski definition) is 15. The number of esters is 4. The Bertz CT molecular complexity index is 2120. The molecular formula is C86H164O17P2. The number of hydrogen-bond donors (Lipinski definition) is 3. The SMILES string of the molecule is CCCCCC/C=C\C=C/CCCCCCCC(=O)OC[C@H](COP(=O)(O)OC[C@@H](O)COP(=O)(O)OC[C@@H](COC(=O)CCCCCCCCC(C)C)OC(=O)CCCCCCCCCCCCCCCCCCCCC(C)CC)OC(=O)CCCCCCCCCCCCCCCCCCC(C)C. The number of carbonyl (C=O) groups excluding carboxylic acids is 4. The Hall–Kier alpha value is -2.46. The topological polar surface area (TPSA) is 237 Å². The summed E-state index contributed by atoms with van der Waals surface area (Å²) in [7, 11) is -9.94. The van der Waals surface area contributed by atoms with E-state index in [2.05, 4.69) is 72.8 Å². The molecule has 6 atom stereocenters. The predicted molar refractivity (Wildman–Crippen MR) is 432 cm³/mol. The van der Waals surface area contributed by atoms with Crippen molar-refractivity contribution in [3.8, 4) is 0 Å². The quantitative estimate of drug-likeness (QED) is 0.0169. The molecule has 0 aliphatic heterocycles. The lowest BCUT2D eigenvalue weighted by atomic mass is 9.99. The van der Waals surface area contributed by atoms with Crippen molar-refractivity contribution in [3.05, 3.63) is 24.3 Å². The fourth-order valence-corrected chi connectivity index (χ4v) is 14.4. The van der Waals surface area contributed by atoms with Gasteiger partial charge in [0.2, 0.25) is 0 Å². The highest BCUT2D eigenvalue weighted by atomic mass is 31.2. The second kappa shape index (κ2) is 75.6. The van der Waals surface area contributed by atoms with E-state index in [4.69, 9.17) is 37.0 Å². The van der Waals surface area contributed by atoms with E-state index in [9.17, 15) is 43.2 Å². The van der Waals surface area contributed by atoms with Gasteiger partial charge in [-0.25, -0.2) is 9.13 Å². The number of unbranched alkanes of at least 4 members (excludes halogenated alkanes) is 46. The van der Waals surface area contributed by atoms with Gasteiger partial charge < -0.3 is 33.8 Å². The number of rotatable bonds is 82. The minimum atomic E-state index is -4.97. The zero-order valence-corrected chi connectivity index (χ0v) is 70.5. The van der Waals surface area contributed by atoms with Crippen LogP contribution in [0.3, 0.4) is 0 Å². The van der Waals surface area contributed by atoms with Crippen LogP contribution < -0.4 is 0 Å². The first-order valence-corrected chi connectivity index (χ1v) is 46.7. The summed E-state index contributed by atoms with van der Waals surface area (Å²) in [6, 6.07) is 0. The Labute approximate surface area is 643 Å². The maximum absolute atomic E-state index is 13.1. The number of carbonyl (C=O) groups is 4. The number of allylic oxidation sites excluding steroid dienone is 4. The summed E-state index contributed by atoms with van der Waals surface area (Å²) in [6.07, 6.45) is 69.0. The molecule has 620 valence electrons. The van der Waals surface area contributed by atoms with E-state index in [1.165, 1.54) is 212 Å². The minimum absolute atomic E-state index is 0.101. The highest BCUT2D eigenvalue weighted by Gasteiger charge is 2.30. The van der Waals surface area contributed by atoms with E-state index >= 15 is 0 Å². The van der Waals surface area contributed by atoms with Crippen molar-refractivity contribution in [2.24, 2.45) is 17.8 Å². The average Bonchev–Trinajstić information content (AvgIpc) is 0.908. The van der Waals surface area contributed by atoms with Gasteiger partial charge in [0.05, 0.1) is 26.4 Å². The molecule has 0 saturated carbocycles. The largest absolute Gasteiger partial charge is 0.472 e. The van der Waals surface area contributed by atoms with E-state index in [-0.39, 0.29) is 25.7 Å². The van der Waals surface area contributed by atoms with Gasteiger partial charge in [0.1, 0.15) is 19.3 Å². The first-order chi connectivity index (χ1) is 50.8. The van der Waals surface area contributed by atoms with Crippen LogP contribution in [0.25, 0.3) is 0 Å². The van der Waals surface area contributed by atoms with Crippen LogP contribution in [-0.4, -0.2) is 96.7 Å².